The molecule has 0 bridgehead atoms. The first-order valence-electron chi connectivity index (χ1n) is 6.22. The van der Waals surface area contributed by atoms with Crippen LogP contribution in [-0.4, -0.2) is 14.1 Å². The Morgan fingerprint density at radius 2 is 1.60 bits per heavy atom. The number of anilines is 3. The fourth-order valence-corrected chi connectivity index (χ4v) is 2.29. The van der Waals surface area contributed by atoms with Gasteiger partial charge in [0, 0.05) is 32.0 Å². The van der Waals surface area contributed by atoms with Crippen LogP contribution in [0.3, 0.4) is 0 Å². The van der Waals surface area contributed by atoms with E-state index in [1.165, 1.54) is 11.3 Å². The van der Waals surface area contributed by atoms with Crippen LogP contribution in [0.5, 0.6) is 0 Å². The largest absolute Gasteiger partial charge is 0.396 e. The molecule has 0 amide bonds. The molecule has 2 rings (SSSR count). The molecule has 3 N–H and O–H groups in total. The molecule has 0 spiro atoms. The minimum atomic E-state index is 0.411. The summed E-state index contributed by atoms with van der Waals surface area (Å²) in [6.45, 7) is 0.699. The standard InChI is InChI=1S/C15H17Cl2N3/c1-20(2)12-5-3-10(4-6-12)9-19-11-7-13(16)15(18)14(17)8-11/h3-8,19H,9,18H2,1-2H3. The Kier molecular flexibility index (Phi) is 4.63. The third-order valence-corrected chi connectivity index (χ3v) is 3.65. The van der Waals surface area contributed by atoms with E-state index in [1.807, 2.05) is 14.1 Å². The Morgan fingerprint density at radius 3 is 2.10 bits per heavy atom. The van der Waals surface area contributed by atoms with Crippen LogP contribution >= 0.6 is 23.2 Å². The summed E-state index contributed by atoms with van der Waals surface area (Å²) >= 11 is 12.0. The van der Waals surface area contributed by atoms with E-state index >= 15 is 0 Å². The van der Waals surface area contributed by atoms with Crippen LogP contribution in [0.25, 0.3) is 0 Å². The number of nitrogen functional groups attached to an aromatic ring is 1. The molecule has 0 atom stereocenters. The molecule has 0 aliphatic heterocycles. The molecule has 2 aromatic carbocycles. The van der Waals surface area contributed by atoms with Gasteiger partial charge in [0.15, 0.2) is 0 Å². The van der Waals surface area contributed by atoms with Gasteiger partial charge in [0.25, 0.3) is 0 Å². The number of hydrogen-bond donors (Lipinski definition) is 2. The summed E-state index contributed by atoms with van der Waals surface area (Å²) in [6, 6.07) is 11.9. The summed E-state index contributed by atoms with van der Waals surface area (Å²) in [7, 11) is 4.04. The topological polar surface area (TPSA) is 41.3 Å². The van der Waals surface area contributed by atoms with Gasteiger partial charge in [0.2, 0.25) is 0 Å². The summed E-state index contributed by atoms with van der Waals surface area (Å²) in [4.78, 5) is 2.07. The predicted molar refractivity (Wildman–Crippen MR) is 89.0 cm³/mol. The molecule has 0 unspecified atom stereocenters. The lowest BCUT2D eigenvalue weighted by Crippen LogP contribution is -2.08. The summed E-state index contributed by atoms with van der Waals surface area (Å²) in [6.07, 6.45) is 0. The molecular formula is C15H17Cl2N3. The van der Waals surface area contributed by atoms with Crippen LogP contribution in [0.4, 0.5) is 17.1 Å². The van der Waals surface area contributed by atoms with E-state index in [9.17, 15) is 0 Å². The van der Waals surface area contributed by atoms with Crippen molar-refractivity contribution in [3.63, 3.8) is 0 Å². The first kappa shape index (κ1) is 14.8. The molecule has 0 aliphatic carbocycles. The number of rotatable bonds is 4. The van der Waals surface area contributed by atoms with Crippen molar-refractivity contribution in [1.29, 1.82) is 0 Å². The third-order valence-electron chi connectivity index (χ3n) is 3.03. The lowest BCUT2D eigenvalue weighted by Gasteiger charge is -2.13. The molecule has 0 saturated carbocycles. The molecule has 20 heavy (non-hydrogen) atoms. The number of nitrogens with two attached hydrogens (primary N) is 1. The fraction of sp³-hybridized carbons (Fsp3) is 0.200. The van der Waals surface area contributed by atoms with E-state index < -0.39 is 0 Å². The van der Waals surface area contributed by atoms with Gasteiger partial charge in [-0.1, -0.05) is 35.3 Å². The molecule has 0 radical (unpaired) electrons. The van der Waals surface area contributed by atoms with Crippen molar-refractivity contribution < 1.29 is 0 Å². The highest BCUT2D eigenvalue weighted by molar-refractivity contribution is 6.39. The number of nitrogens with zero attached hydrogens (tertiary/aromatic N) is 1. The minimum absolute atomic E-state index is 0.411. The summed E-state index contributed by atoms with van der Waals surface area (Å²) in [5, 5.41) is 4.20. The molecule has 3 nitrogen and oxygen atoms in total. The second-order valence-corrected chi connectivity index (χ2v) is 5.58. The SMILES string of the molecule is CN(C)c1ccc(CNc2cc(Cl)c(N)c(Cl)c2)cc1. The van der Waals surface area contributed by atoms with Gasteiger partial charge < -0.3 is 16.0 Å². The fourth-order valence-electron chi connectivity index (χ4n) is 1.80. The summed E-state index contributed by atoms with van der Waals surface area (Å²) in [5.41, 5.74) is 9.32. The van der Waals surface area contributed by atoms with Crippen LogP contribution in [-0.2, 0) is 6.54 Å². The van der Waals surface area contributed by atoms with Gasteiger partial charge in [0.05, 0.1) is 15.7 Å². The number of nitrogens with one attached hydrogen (secondary N) is 1. The second-order valence-electron chi connectivity index (χ2n) is 4.77. The highest BCUT2D eigenvalue weighted by Crippen LogP contribution is 2.31. The van der Waals surface area contributed by atoms with E-state index in [0.29, 0.717) is 22.3 Å². The molecule has 0 saturated heterocycles. The van der Waals surface area contributed by atoms with E-state index in [4.69, 9.17) is 28.9 Å². The summed E-state index contributed by atoms with van der Waals surface area (Å²) < 4.78 is 0. The number of benzene rings is 2. The van der Waals surface area contributed by atoms with E-state index in [1.54, 1.807) is 12.1 Å². The van der Waals surface area contributed by atoms with Gasteiger partial charge >= 0.3 is 0 Å². The highest BCUT2D eigenvalue weighted by Gasteiger charge is 2.04. The molecular weight excluding hydrogens is 293 g/mol. The molecule has 2 aromatic rings. The average Bonchev–Trinajstić information content (AvgIpc) is 2.42. The Labute approximate surface area is 129 Å². The van der Waals surface area contributed by atoms with Crippen LogP contribution in [0.1, 0.15) is 5.56 Å². The number of halogens is 2. The highest BCUT2D eigenvalue weighted by atomic mass is 35.5. The predicted octanol–water partition coefficient (Wildman–Crippen LogP) is 4.25. The van der Waals surface area contributed by atoms with Crippen LogP contribution < -0.4 is 16.0 Å². The zero-order chi connectivity index (χ0) is 14.7. The van der Waals surface area contributed by atoms with Crippen LogP contribution in [0, 0.1) is 0 Å². The maximum absolute atomic E-state index is 6.00. The lowest BCUT2D eigenvalue weighted by molar-refractivity contribution is 1.11. The Morgan fingerprint density at radius 1 is 1.05 bits per heavy atom. The molecule has 0 fully saturated rings. The van der Waals surface area contributed by atoms with Crippen molar-refractivity contribution in [1.82, 2.24) is 0 Å². The normalized spacial score (nSPS) is 10.4. The maximum Gasteiger partial charge on any atom is 0.0694 e. The van der Waals surface area contributed by atoms with Gasteiger partial charge in [-0.3, -0.25) is 0 Å². The van der Waals surface area contributed by atoms with Crippen molar-refractivity contribution in [2.45, 2.75) is 6.54 Å². The van der Waals surface area contributed by atoms with Crippen molar-refractivity contribution in [3.05, 3.63) is 52.0 Å². The third kappa shape index (κ3) is 3.50. The second kappa shape index (κ2) is 6.25. The average molecular weight is 310 g/mol. The van der Waals surface area contributed by atoms with Gasteiger partial charge in [0.1, 0.15) is 0 Å². The number of hydrogen-bond acceptors (Lipinski definition) is 3. The molecule has 106 valence electrons. The zero-order valence-corrected chi connectivity index (χ0v) is 13.0. The van der Waals surface area contributed by atoms with E-state index in [0.717, 1.165) is 5.69 Å². The first-order chi connectivity index (χ1) is 9.47. The van der Waals surface area contributed by atoms with Crippen LogP contribution in [0.2, 0.25) is 10.0 Å². The maximum atomic E-state index is 6.00. The Hall–Kier alpha value is -1.58. The molecule has 5 heteroatoms. The van der Waals surface area contributed by atoms with Crippen molar-refractivity contribution in [2.24, 2.45) is 0 Å². The van der Waals surface area contributed by atoms with Crippen molar-refractivity contribution in [3.8, 4) is 0 Å². The van der Waals surface area contributed by atoms with Crippen LogP contribution in [0.15, 0.2) is 36.4 Å². The van der Waals surface area contributed by atoms with Gasteiger partial charge in [-0.15, -0.1) is 0 Å². The smallest absolute Gasteiger partial charge is 0.0694 e. The van der Waals surface area contributed by atoms with Gasteiger partial charge in [-0.05, 0) is 29.8 Å². The lowest BCUT2D eigenvalue weighted by atomic mass is 10.2. The Bertz CT molecular complexity index is 572. The van der Waals surface area contributed by atoms with E-state index in [-0.39, 0.29) is 0 Å². The van der Waals surface area contributed by atoms with Crippen molar-refractivity contribution >= 4 is 40.3 Å². The molecule has 0 aromatic heterocycles. The van der Waals surface area contributed by atoms with E-state index in [2.05, 4.69) is 34.5 Å². The monoisotopic (exact) mass is 309 g/mol. The van der Waals surface area contributed by atoms with Gasteiger partial charge in [-0.2, -0.15) is 0 Å². The molecule has 0 aliphatic rings. The minimum Gasteiger partial charge on any atom is -0.396 e. The Balaban J connectivity index is 2.05. The quantitative estimate of drug-likeness (QED) is 0.829. The summed E-state index contributed by atoms with van der Waals surface area (Å²) in [5.74, 6) is 0. The van der Waals surface area contributed by atoms with Gasteiger partial charge in [-0.25, -0.2) is 0 Å². The molecule has 0 heterocycles. The van der Waals surface area contributed by atoms with Crippen molar-refractivity contribution in [2.75, 3.05) is 30.0 Å². The zero-order valence-electron chi connectivity index (χ0n) is 11.5. The first-order valence-corrected chi connectivity index (χ1v) is 6.97.